The summed E-state index contributed by atoms with van der Waals surface area (Å²) in [4.78, 5) is 4.76. The third-order valence-electron chi connectivity index (χ3n) is 2.88. The van der Waals surface area contributed by atoms with Crippen molar-refractivity contribution in [3.8, 4) is 0 Å². The van der Waals surface area contributed by atoms with Crippen LogP contribution < -0.4 is 5.32 Å². The predicted molar refractivity (Wildman–Crippen MR) is 74.9 cm³/mol. The van der Waals surface area contributed by atoms with Gasteiger partial charge in [-0.15, -0.1) is 11.3 Å². The lowest BCUT2D eigenvalue weighted by Gasteiger charge is -2.15. The average Bonchev–Trinajstić information content (AvgIpc) is 2.88. The summed E-state index contributed by atoms with van der Waals surface area (Å²) in [5.41, 5.74) is 2.39. The van der Waals surface area contributed by atoms with Crippen molar-refractivity contribution in [2.24, 2.45) is 7.05 Å². The molecule has 0 saturated carbocycles. The highest BCUT2D eigenvalue weighted by Crippen LogP contribution is 2.29. The summed E-state index contributed by atoms with van der Waals surface area (Å²) in [5, 5.41) is 10.8. The molecule has 5 heteroatoms. The van der Waals surface area contributed by atoms with E-state index in [2.05, 4.69) is 36.6 Å². The largest absolute Gasteiger partial charge is 0.307 e. The molecule has 2 aromatic rings. The highest BCUT2D eigenvalue weighted by atomic mass is 32.1. The second-order valence-electron chi connectivity index (χ2n) is 5.49. The Morgan fingerprint density at radius 3 is 2.56 bits per heavy atom. The Kier molecular flexibility index (Phi) is 3.54. The SMILES string of the molecule is CNC(c1cnn(C)c1)c1nc(C(C)(C)C)cs1. The molecule has 1 atom stereocenters. The number of aromatic nitrogens is 3. The molecular weight excluding hydrogens is 244 g/mol. The van der Waals surface area contributed by atoms with Gasteiger partial charge in [-0.2, -0.15) is 5.10 Å². The van der Waals surface area contributed by atoms with Crippen molar-refractivity contribution < 1.29 is 0 Å². The predicted octanol–water partition coefficient (Wildman–Crippen LogP) is 2.48. The van der Waals surface area contributed by atoms with Crippen molar-refractivity contribution >= 4 is 11.3 Å². The lowest BCUT2D eigenvalue weighted by atomic mass is 9.93. The van der Waals surface area contributed by atoms with E-state index in [0.29, 0.717) is 0 Å². The molecule has 2 heterocycles. The quantitative estimate of drug-likeness (QED) is 0.926. The maximum absolute atomic E-state index is 4.76. The van der Waals surface area contributed by atoms with Gasteiger partial charge in [0.05, 0.1) is 17.9 Å². The highest BCUT2D eigenvalue weighted by molar-refractivity contribution is 7.09. The fraction of sp³-hybridized carbons (Fsp3) is 0.538. The number of rotatable bonds is 3. The topological polar surface area (TPSA) is 42.7 Å². The molecule has 0 saturated heterocycles. The van der Waals surface area contributed by atoms with Crippen LogP contribution in [0.4, 0.5) is 0 Å². The Hall–Kier alpha value is -1.20. The first-order valence-corrected chi connectivity index (χ1v) is 6.91. The lowest BCUT2D eigenvalue weighted by molar-refractivity contribution is 0.566. The molecule has 0 fully saturated rings. The molecule has 0 radical (unpaired) electrons. The number of hydrogen-bond acceptors (Lipinski definition) is 4. The fourth-order valence-corrected chi connectivity index (χ4v) is 2.97. The van der Waals surface area contributed by atoms with E-state index < -0.39 is 0 Å². The number of nitrogens with one attached hydrogen (secondary N) is 1. The zero-order chi connectivity index (χ0) is 13.3. The first-order chi connectivity index (χ1) is 8.41. The lowest BCUT2D eigenvalue weighted by Crippen LogP contribution is -2.18. The standard InChI is InChI=1S/C13H20N4S/c1-13(2,3)10-8-18-12(16-10)11(14-4)9-6-15-17(5)7-9/h6-8,11,14H,1-5H3. The Morgan fingerprint density at radius 1 is 1.39 bits per heavy atom. The second kappa shape index (κ2) is 4.82. The summed E-state index contributed by atoms with van der Waals surface area (Å²) in [6.07, 6.45) is 3.92. The van der Waals surface area contributed by atoms with Crippen LogP contribution in [0, 0.1) is 0 Å². The molecule has 1 N–H and O–H groups in total. The summed E-state index contributed by atoms with van der Waals surface area (Å²) in [6.45, 7) is 6.55. The van der Waals surface area contributed by atoms with Crippen molar-refractivity contribution in [1.82, 2.24) is 20.1 Å². The van der Waals surface area contributed by atoms with Crippen molar-refractivity contribution in [2.75, 3.05) is 7.05 Å². The number of hydrogen-bond donors (Lipinski definition) is 1. The minimum atomic E-state index is 0.0992. The zero-order valence-electron chi connectivity index (χ0n) is 11.6. The van der Waals surface area contributed by atoms with Crippen molar-refractivity contribution in [3.63, 3.8) is 0 Å². The van der Waals surface area contributed by atoms with E-state index in [1.165, 1.54) is 0 Å². The Bertz CT molecular complexity index is 521. The van der Waals surface area contributed by atoms with Gasteiger partial charge in [0.25, 0.3) is 0 Å². The maximum atomic E-state index is 4.76. The average molecular weight is 264 g/mol. The van der Waals surface area contributed by atoms with Gasteiger partial charge >= 0.3 is 0 Å². The normalized spacial score (nSPS) is 13.8. The third kappa shape index (κ3) is 2.62. The van der Waals surface area contributed by atoms with Gasteiger partial charge in [0.15, 0.2) is 0 Å². The van der Waals surface area contributed by atoms with Crippen LogP contribution in [0.1, 0.15) is 43.1 Å². The van der Waals surface area contributed by atoms with Crippen molar-refractivity contribution in [2.45, 2.75) is 32.2 Å². The minimum Gasteiger partial charge on any atom is -0.307 e. The van der Waals surface area contributed by atoms with Crippen molar-refractivity contribution in [3.05, 3.63) is 34.0 Å². The van der Waals surface area contributed by atoms with Crippen LogP contribution in [-0.4, -0.2) is 21.8 Å². The van der Waals surface area contributed by atoms with Crippen LogP contribution >= 0.6 is 11.3 Å². The number of aryl methyl sites for hydroxylation is 1. The summed E-state index contributed by atoms with van der Waals surface area (Å²) in [5.74, 6) is 0. The first-order valence-electron chi connectivity index (χ1n) is 6.03. The molecule has 0 bridgehead atoms. The van der Waals surface area contributed by atoms with E-state index >= 15 is 0 Å². The Balaban J connectivity index is 2.31. The van der Waals surface area contributed by atoms with Crippen LogP contribution in [0.3, 0.4) is 0 Å². The number of thiazole rings is 1. The molecule has 0 aliphatic heterocycles. The Labute approximate surface area is 112 Å². The summed E-state index contributed by atoms with van der Waals surface area (Å²) in [7, 11) is 3.88. The van der Waals surface area contributed by atoms with Gasteiger partial charge in [-0.3, -0.25) is 4.68 Å². The fourth-order valence-electron chi connectivity index (χ4n) is 1.79. The van der Waals surface area contributed by atoms with Gasteiger partial charge in [-0.05, 0) is 7.05 Å². The molecule has 1 unspecified atom stereocenters. The van der Waals surface area contributed by atoms with Gasteiger partial charge in [0.2, 0.25) is 0 Å². The van der Waals surface area contributed by atoms with E-state index in [9.17, 15) is 0 Å². The van der Waals surface area contributed by atoms with Crippen LogP contribution in [0.2, 0.25) is 0 Å². The molecule has 4 nitrogen and oxygen atoms in total. The van der Waals surface area contributed by atoms with Gasteiger partial charge < -0.3 is 5.32 Å². The summed E-state index contributed by atoms with van der Waals surface area (Å²) < 4.78 is 1.82. The summed E-state index contributed by atoms with van der Waals surface area (Å²) in [6, 6.07) is 0.125. The van der Waals surface area contributed by atoms with E-state index in [1.807, 2.05) is 31.2 Å². The van der Waals surface area contributed by atoms with Gasteiger partial charge in [-0.1, -0.05) is 20.8 Å². The van der Waals surface area contributed by atoms with E-state index in [1.54, 1.807) is 11.3 Å². The van der Waals surface area contributed by atoms with Crippen LogP contribution in [0.25, 0.3) is 0 Å². The van der Waals surface area contributed by atoms with E-state index in [0.717, 1.165) is 16.3 Å². The molecule has 2 aromatic heterocycles. The maximum Gasteiger partial charge on any atom is 0.115 e. The molecule has 2 rings (SSSR count). The van der Waals surface area contributed by atoms with Gasteiger partial charge in [0, 0.05) is 29.6 Å². The zero-order valence-corrected chi connectivity index (χ0v) is 12.4. The van der Waals surface area contributed by atoms with E-state index in [-0.39, 0.29) is 11.5 Å². The molecule has 0 aromatic carbocycles. The monoisotopic (exact) mass is 264 g/mol. The third-order valence-corrected chi connectivity index (χ3v) is 3.79. The Morgan fingerprint density at radius 2 is 2.11 bits per heavy atom. The molecule has 0 aliphatic rings. The molecule has 18 heavy (non-hydrogen) atoms. The van der Waals surface area contributed by atoms with Crippen molar-refractivity contribution in [1.29, 1.82) is 0 Å². The first kappa shape index (κ1) is 13.2. The summed E-state index contributed by atoms with van der Waals surface area (Å²) >= 11 is 1.70. The molecular formula is C13H20N4S. The van der Waals surface area contributed by atoms with Crippen LogP contribution in [-0.2, 0) is 12.5 Å². The molecule has 0 amide bonds. The molecule has 0 spiro atoms. The smallest absolute Gasteiger partial charge is 0.115 e. The second-order valence-corrected chi connectivity index (χ2v) is 6.38. The minimum absolute atomic E-state index is 0.0992. The van der Waals surface area contributed by atoms with Crippen LogP contribution in [0.5, 0.6) is 0 Å². The molecule has 98 valence electrons. The van der Waals surface area contributed by atoms with Gasteiger partial charge in [0.1, 0.15) is 5.01 Å². The van der Waals surface area contributed by atoms with E-state index in [4.69, 9.17) is 4.98 Å². The van der Waals surface area contributed by atoms with Gasteiger partial charge in [-0.25, -0.2) is 4.98 Å². The van der Waals surface area contributed by atoms with Crippen LogP contribution in [0.15, 0.2) is 17.8 Å². The number of nitrogens with zero attached hydrogens (tertiary/aromatic N) is 3. The molecule has 0 aliphatic carbocycles. The highest BCUT2D eigenvalue weighted by Gasteiger charge is 2.22.